The van der Waals surface area contributed by atoms with Gasteiger partial charge in [-0.05, 0) is 36.2 Å². The van der Waals surface area contributed by atoms with Crippen LogP contribution in [0.25, 0.3) is 5.69 Å². The van der Waals surface area contributed by atoms with Crippen LogP contribution in [0.5, 0.6) is 0 Å². The largest absolute Gasteiger partial charge is 0.243 e. The lowest BCUT2D eigenvalue weighted by atomic mass is 10.1. The molecule has 1 aliphatic carbocycles. The smallest absolute Gasteiger partial charge is 0.240 e. The first-order valence-electron chi connectivity index (χ1n) is 7.91. The molecule has 7 heteroatoms. The minimum absolute atomic E-state index is 0.0829. The molecule has 0 amide bonds. The van der Waals surface area contributed by atoms with Crippen LogP contribution in [0.2, 0.25) is 0 Å². The second kappa shape index (κ2) is 6.09. The van der Waals surface area contributed by atoms with Crippen LogP contribution in [0, 0.1) is 5.82 Å². The first-order chi connectivity index (χ1) is 12.0. The molecule has 2 atom stereocenters. The lowest BCUT2D eigenvalue weighted by molar-refractivity contribution is 0.580. The molecule has 128 valence electrons. The van der Waals surface area contributed by atoms with Crippen molar-refractivity contribution in [3.8, 4) is 5.69 Å². The summed E-state index contributed by atoms with van der Waals surface area (Å²) in [6, 6.07) is 15.3. The molecule has 4 rings (SSSR count). The van der Waals surface area contributed by atoms with Crippen molar-refractivity contribution >= 4 is 10.0 Å². The van der Waals surface area contributed by atoms with E-state index in [1.165, 1.54) is 29.2 Å². The van der Waals surface area contributed by atoms with Crippen molar-refractivity contribution in [1.82, 2.24) is 14.5 Å². The summed E-state index contributed by atoms with van der Waals surface area (Å²) in [5, 5.41) is 4.12. The van der Waals surface area contributed by atoms with E-state index in [4.69, 9.17) is 0 Å². The molecule has 0 saturated heterocycles. The monoisotopic (exact) mass is 357 g/mol. The predicted molar refractivity (Wildman–Crippen MR) is 91.4 cm³/mol. The van der Waals surface area contributed by atoms with E-state index in [9.17, 15) is 12.8 Å². The highest BCUT2D eigenvalue weighted by Crippen LogP contribution is 2.41. The summed E-state index contributed by atoms with van der Waals surface area (Å²) in [6.07, 6.45) is 3.54. The molecule has 1 heterocycles. The molecule has 1 N–H and O–H groups in total. The van der Waals surface area contributed by atoms with Crippen molar-refractivity contribution in [1.29, 1.82) is 0 Å². The topological polar surface area (TPSA) is 64.0 Å². The number of sulfonamides is 1. The maximum absolute atomic E-state index is 13.0. The lowest BCUT2D eigenvalue weighted by Gasteiger charge is -2.04. The third-order valence-corrected chi connectivity index (χ3v) is 5.73. The van der Waals surface area contributed by atoms with Gasteiger partial charge >= 0.3 is 0 Å². The zero-order valence-electron chi connectivity index (χ0n) is 13.2. The van der Waals surface area contributed by atoms with Gasteiger partial charge in [-0.1, -0.05) is 30.3 Å². The Morgan fingerprint density at radius 1 is 1.08 bits per heavy atom. The molecule has 3 aromatic rings. The van der Waals surface area contributed by atoms with Crippen LogP contribution in [0.4, 0.5) is 4.39 Å². The molecule has 0 radical (unpaired) electrons. The van der Waals surface area contributed by atoms with Crippen molar-refractivity contribution in [3.05, 3.63) is 78.4 Å². The molecule has 2 aromatic carbocycles. The standard InChI is InChI=1S/C18H16FN3O2S/c19-14-8-6-13(7-9-14)17-10-18(17)21-25(23,24)16-11-20-22(12-16)15-4-2-1-3-5-15/h1-9,11-12,17-18,21H,10H2/t17-,18+/m1/s1. The highest BCUT2D eigenvalue weighted by molar-refractivity contribution is 7.89. The minimum atomic E-state index is -3.64. The van der Waals surface area contributed by atoms with Crippen molar-refractivity contribution in [2.75, 3.05) is 0 Å². The van der Waals surface area contributed by atoms with Crippen molar-refractivity contribution in [2.24, 2.45) is 0 Å². The molecular formula is C18H16FN3O2S. The van der Waals surface area contributed by atoms with Gasteiger partial charge in [0.2, 0.25) is 10.0 Å². The third kappa shape index (κ3) is 3.33. The molecule has 1 saturated carbocycles. The fourth-order valence-corrected chi connectivity index (χ4v) is 4.06. The summed E-state index contributed by atoms with van der Waals surface area (Å²) in [7, 11) is -3.64. The SMILES string of the molecule is O=S(=O)(N[C@H]1C[C@@H]1c1ccc(F)cc1)c1cnn(-c2ccccc2)c1. The summed E-state index contributed by atoms with van der Waals surface area (Å²) in [6.45, 7) is 0. The van der Waals surface area contributed by atoms with Crippen LogP contribution in [-0.2, 0) is 10.0 Å². The van der Waals surface area contributed by atoms with Crippen molar-refractivity contribution in [2.45, 2.75) is 23.3 Å². The summed E-state index contributed by atoms with van der Waals surface area (Å²) < 4.78 is 42.3. The average Bonchev–Trinajstić information content (AvgIpc) is 3.17. The number of para-hydroxylation sites is 1. The van der Waals surface area contributed by atoms with Gasteiger partial charge in [-0.25, -0.2) is 22.2 Å². The second-order valence-corrected chi connectivity index (χ2v) is 7.79. The first kappa shape index (κ1) is 16.0. The van der Waals surface area contributed by atoms with Crippen LogP contribution in [0.15, 0.2) is 71.9 Å². The summed E-state index contributed by atoms with van der Waals surface area (Å²) in [5.41, 5.74) is 1.73. The van der Waals surface area contributed by atoms with E-state index < -0.39 is 10.0 Å². The molecule has 1 fully saturated rings. The molecule has 5 nitrogen and oxygen atoms in total. The van der Waals surface area contributed by atoms with E-state index in [-0.39, 0.29) is 22.7 Å². The lowest BCUT2D eigenvalue weighted by Crippen LogP contribution is -2.26. The summed E-state index contributed by atoms with van der Waals surface area (Å²) in [4.78, 5) is 0.126. The normalized spacial score (nSPS) is 19.7. The molecule has 0 aliphatic heterocycles. The zero-order chi connectivity index (χ0) is 17.4. The highest BCUT2D eigenvalue weighted by Gasteiger charge is 2.41. The Bertz CT molecular complexity index is 985. The van der Waals surface area contributed by atoms with Crippen molar-refractivity contribution < 1.29 is 12.8 Å². The Kier molecular flexibility index (Phi) is 3.89. The number of rotatable bonds is 5. The molecule has 25 heavy (non-hydrogen) atoms. The van der Waals surface area contributed by atoms with Gasteiger partial charge in [0.1, 0.15) is 10.7 Å². The number of hydrogen-bond donors (Lipinski definition) is 1. The number of halogens is 1. The van der Waals surface area contributed by atoms with E-state index in [0.717, 1.165) is 11.3 Å². The Morgan fingerprint density at radius 3 is 2.52 bits per heavy atom. The Hall–Kier alpha value is -2.51. The van der Waals surface area contributed by atoms with Crippen LogP contribution < -0.4 is 4.72 Å². The van der Waals surface area contributed by atoms with Gasteiger partial charge in [0.15, 0.2) is 0 Å². The molecule has 1 aromatic heterocycles. The third-order valence-electron chi connectivity index (χ3n) is 4.29. The van der Waals surface area contributed by atoms with Crippen LogP contribution in [0.1, 0.15) is 17.9 Å². The number of nitrogens with zero attached hydrogens (tertiary/aromatic N) is 2. The Balaban J connectivity index is 1.48. The van der Waals surface area contributed by atoms with E-state index in [2.05, 4.69) is 9.82 Å². The van der Waals surface area contributed by atoms with Crippen molar-refractivity contribution in [3.63, 3.8) is 0 Å². The molecule has 0 unspecified atom stereocenters. The maximum Gasteiger partial charge on any atom is 0.243 e. The van der Waals surface area contributed by atoms with E-state index in [1.807, 2.05) is 30.3 Å². The van der Waals surface area contributed by atoms with E-state index >= 15 is 0 Å². The zero-order valence-corrected chi connectivity index (χ0v) is 14.0. The highest BCUT2D eigenvalue weighted by atomic mass is 32.2. The fourth-order valence-electron chi connectivity index (χ4n) is 2.84. The predicted octanol–water partition coefficient (Wildman–Crippen LogP) is 2.85. The van der Waals surface area contributed by atoms with Gasteiger partial charge in [0.05, 0.1) is 18.1 Å². The molecular weight excluding hydrogens is 341 g/mol. The van der Waals surface area contributed by atoms with Gasteiger partial charge in [-0.3, -0.25) is 0 Å². The maximum atomic E-state index is 13.0. The van der Waals surface area contributed by atoms with Gasteiger partial charge < -0.3 is 0 Å². The Morgan fingerprint density at radius 2 is 1.80 bits per heavy atom. The Labute approximate surface area is 145 Å². The average molecular weight is 357 g/mol. The van der Waals surface area contributed by atoms with Crippen LogP contribution in [-0.4, -0.2) is 24.2 Å². The minimum Gasteiger partial charge on any atom is -0.240 e. The van der Waals surface area contributed by atoms with E-state index in [1.54, 1.807) is 12.1 Å². The van der Waals surface area contributed by atoms with Gasteiger partial charge in [-0.15, -0.1) is 0 Å². The fraction of sp³-hybridized carbons (Fsp3) is 0.167. The number of hydrogen-bond acceptors (Lipinski definition) is 3. The van der Waals surface area contributed by atoms with Gasteiger partial charge in [-0.2, -0.15) is 5.10 Å². The first-order valence-corrected chi connectivity index (χ1v) is 9.39. The molecule has 0 bridgehead atoms. The summed E-state index contributed by atoms with van der Waals surface area (Å²) >= 11 is 0. The van der Waals surface area contributed by atoms with E-state index in [0.29, 0.717) is 6.42 Å². The quantitative estimate of drug-likeness (QED) is 0.764. The second-order valence-electron chi connectivity index (χ2n) is 6.08. The molecule has 0 spiro atoms. The number of benzene rings is 2. The van der Waals surface area contributed by atoms with Gasteiger partial charge in [0.25, 0.3) is 0 Å². The number of nitrogens with one attached hydrogen (secondary N) is 1. The van der Waals surface area contributed by atoms with Crippen LogP contribution >= 0.6 is 0 Å². The number of aromatic nitrogens is 2. The summed E-state index contributed by atoms with van der Waals surface area (Å²) in [5.74, 6) is -0.214. The van der Waals surface area contributed by atoms with Gasteiger partial charge in [0, 0.05) is 12.0 Å². The van der Waals surface area contributed by atoms with Crippen LogP contribution in [0.3, 0.4) is 0 Å². The molecule has 1 aliphatic rings.